The second-order valence-electron chi connectivity index (χ2n) is 6.40. The molecule has 1 aliphatic heterocycles. The monoisotopic (exact) mass is 340 g/mol. The predicted molar refractivity (Wildman–Crippen MR) is 98.3 cm³/mol. The van der Waals surface area contributed by atoms with Gasteiger partial charge in [0.25, 0.3) is 0 Å². The Morgan fingerprint density at radius 3 is 2.62 bits per heavy atom. The van der Waals surface area contributed by atoms with Crippen LogP contribution in [-0.2, 0) is 0 Å². The molecule has 6 heteroatoms. The van der Waals surface area contributed by atoms with E-state index in [0.717, 1.165) is 42.0 Å². The van der Waals surface area contributed by atoms with Crippen molar-refractivity contribution < 1.29 is 5.11 Å². The molecule has 0 unspecified atom stereocenters. The van der Waals surface area contributed by atoms with Crippen LogP contribution in [0.15, 0.2) is 42.7 Å². The lowest BCUT2D eigenvalue weighted by Crippen LogP contribution is -2.53. The first-order chi connectivity index (χ1) is 11.7. The number of fused-ring (bicyclic) bond motifs is 1. The van der Waals surface area contributed by atoms with Gasteiger partial charge in [0.2, 0.25) is 0 Å². The van der Waals surface area contributed by atoms with Gasteiger partial charge in [0.05, 0.1) is 12.0 Å². The zero-order valence-electron chi connectivity index (χ0n) is 13.4. The number of nitrogens with zero attached hydrogens (tertiary/aromatic N) is 3. The van der Waals surface area contributed by atoms with E-state index in [-0.39, 0.29) is 6.61 Å². The number of anilines is 1. The van der Waals surface area contributed by atoms with Gasteiger partial charge >= 0.3 is 0 Å². The zero-order valence-corrected chi connectivity index (χ0v) is 14.2. The molecule has 0 radical (unpaired) electrons. The number of piperidine rings is 1. The molecule has 0 saturated carbocycles. The molecule has 5 nitrogen and oxygen atoms in total. The summed E-state index contributed by atoms with van der Waals surface area (Å²) in [7, 11) is 0. The molecule has 0 aliphatic carbocycles. The summed E-state index contributed by atoms with van der Waals surface area (Å²) in [6.07, 6.45) is 3.18. The average Bonchev–Trinajstić information content (AvgIpc) is 3.08. The van der Waals surface area contributed by atoms with Crippen LogP contribution >= 0.6 is 11.3 Å². The van der Waals surface area contributed by atoms with E-state index < -0.39 is 5.54 Å². The lowest BCUT2D eigenvalue weighted by atomic mass is 9.89. The molecule has 4 rings (SSSR count). The van der Waals surface area contributed by atoms with Crippen LogP contribution in [0, 0.1) is 0 Å². The molecule has 24 heavy (non-hydrogen) atoms. The van der Waals surface area contributed by atoms with Gasteiger partial charge in [0.15, 0.2) is 0 Å². The van der Waals surface area contributed by atoms with Crippen LogP contribution in [0.1, 0.15) is 12.8 Å². The normalized spacial score (nSPS) is 17.3. The topological polar surface area (TPSA) is 75.3 Å². The zero-order chi connectivity index (χ0) is 16.6. The van der Waals surface area contributed by atoms with Crippen molar-refractivity contribution in [3.8, 4) is 10.4 Å². The van der Waals surface area contributed by atoms with Gasteiger partial charge in [-0.25, -0.2) is 9.97 Å². The van der Waals surface area contributed by atoms with Crippen LogP contribution in [0.5, 0.6) is 0 Å². The Hall–Kier alpha value is -2.02. The quantitative estimate of drug-likeness (QED) is 0.767. The van der Waals surface area contributed by atoms with Crippen LogP contribution in [0.25, 0.3) is 20.7 Å². The third-order valence-corrected chi connectivity index (χ3v) is 5.83. The van der Waals surface area contributed by atoms with Crippen molar-refractivity contribution >= 4 is 27.4 Å². The minimum atomic E-state index is -0.452. The lowest BCUT2D eigenvalue weighted by Gasteiger charge is -2.38. The number of thiophene rings is 1. The van der Waals surface area contributed by atoms with Gasteiger partial charge in [-0.1, -0.05) is 30.3 Å². The van der Waals surface area contributed by atoms with E-state index in [1.54, 1.807) is 17.7 Å². The Kier molecular flexibility index (Phi) is 3.96. The van der Waals surface area contributed by atoms with E-state index >= 15 is 0 Å². The maximum absolute atomic E-state index is 9.44. The van der Waals surface area contributed by atoms with Crippen molar-refractivity contribution in [2.75, 3.05) is 24.6 Å². The largest absolute Gasteiger partial charge is 0.394 e. The summed E-state index contributed by atoms with van der Waals surface area (Å²) in [5.74, 6) is 0.971. The Morgan fingerprint density at radius 2 is 1.92 bits per heavy atom. The highest BCUT2D eigenvalue weighted by atomic mass is 32.1. The molecule has 1 fully saturated rings. The third kappa shape index (κ3) is 2.77. The third-order valence-electron chi connectivity index (χ3n) is 4.74. The Labute approximate surface area is 144 Å². The molecule has 1 saturated heterocycles. The van der Waals surface area contributed by atoms with Crippen molar-refractivity contribution in [2.24, 2.45) is 5.73 Å². The van der Waals surface area contributed by atoms with Crippen molar-refractivity contribution in [1.82, 2.24) is 9.97 Å². The summed E-state index contributed by atoms with van der Waals surface area (Å²) in [5, 5.41) is 10.5. The fraction of sp³-hybridized carbons (Fsp3) is 0.333. The van der Waals surface area contributed by atoms with Crippen LogP contribution < -0.4 is 10.6 Å². The molecule has 0 atom stereocenters. The number of aliphatic hydroxyl groups is 1. The number of nitrogens with two attached hydrogens (primary N) is 1. The van der Waals surface area contributed by atoms with Crippen LogP contribution in [-0.4, -0.2) is 40.3 Å². The first-order valence-electron chi connectivity index (χ1n) is 8.13. The van der Waals surface area contributed by atoms with Crippen molar-refractivity contribution in [2.45, 2.75) is 18.4 Å². The summed E-state index contributed by atoms with van der Waals surface area (Å²) in [4.78, 5) is 13.4. The molecule has 124 valence electrons. The first kappa shape index (κ1) is 15.5. The standard InChI is InChI=1S/C18H20N4OS/c19-18(11-23)6-8-22(9-7-18)16-14-10-15(13-4-2-1-3-5-13)24-17(14)21-12-20-16/h1-5,10,12,23H,6-9,11,19H2. The molecular weight excluding hydrogens is 320 g/mol. The maximum Gasteiger partial charge on any atom is 0.140 e. The highest BCUT2D eigenvalue weighted by Crippen LogP contribution is 2.37. The molecule has 3 heterocycles. The van der Waals surface area contributed by atoms with E-state index in [4.69, 9.17) is 5.73 Å². The second kappa shape index (κ2) is 6.12. The molecule has 0 bridgehead atoms. The molecule has 0 amide bonds. The van der Waals surface area contributed by atoms with Gasteiger partial charge in [-0.3, -0.25) is 0 Å². The van der Waals surface area contributed by atoms with Gasteiger partial charge < -0.3 is 15.7 Å². The van der Waals surface area contributed by atoms with E-state index in [1.165, 1.54) is 10.4 Å². The van der Waals surface area contributed by atoms with Crippen LogP contribution in [0.2, 0.25) is 0 Å². The number of hydrogen-bond acceptors (Lipinski definition) is 6. The summed E-state index contributed by atoms with van der Waals surface area (Å²) in [6.45, 7) is 1.65. The highest BCUT2D eigenvalue weighted by Gasteiger charge is 2.31. The molecule has 3 N–H and O–H groups in total. The fourth-order valence-electron chi connectivity index (χ4n) is 3.16. The minimum Gasteiger partial charge on any atom is -0.394 e. The molecule has 3 aromatic rings. The number of hydrogen-bond donors (Lipinski definition) is 2. The van der Waals surface area contributed by atoms with Gasteiger partial charge in [-0.15, -0.1) is 11.3 Å². The first-order valence-corrected chi connectivity index (χ1v) is 8.95. The molecule has 0 spiro atoms. The second-order valence-corrected chi connectivity index (χ2v) is 7.43. The number of aliphatic hydroxyl groups excluding tert-OH is 1. The highest BCUT2D eigenvalue weighted by molar-refractivity contribution is 7.21. The van der Waals surface area contributed by atoms with E-state index in [1.807, 2.05) is 18.2 Å². The molecular formula is C18H20N4OS. The van der Waals surface area contributed by atoms with Gasteiger partial charge in [-0.05, 0) is 24.5 Å². The van der Waals surface area contributed by atoms with E-state index in [0.29, 0.717) is 0 Å². The SMILES string of the molecule is NC1(CO)CCN(c2ncnc3sc(-c4ccccc4)cc23)CC1. The van der Waals surface area contributed by atoms with E-state index in [9.17, 15) is 5.11 Å². The lowest BCUT2D eigenvalue weighted by molar-refractivity contribution is 0.170. The Balaban J connectivity index is 1.68. The summed E-state index contributed by atoms with van der Waals surface area (Å²) >= 11 is 1.69. The maximum atomic E-state index is 9.44. The smallest absolute Gasteiger partial charge is 0.140 e. The van der Waals surface area contributed by atoms with Crippen molar-refractivity contribution in [1.29, 1.82) is 0 Å². The average molecular weight is 340 g/mol. The number of benzene rings is 1. The molecule has 1 aromatic carbocycles. The van der Waals surface area contributed by atoms with Crippen LogP contribution in [0.3, 0.4) is 0 Å². The van der Waals surface area contributed by atoms with E-state index in [2.05, 4.69) is 33.1 Å². The van der Waals surface area contributed by atoms with Crippen molar-refractivity contribution in [3.05, 3.63) is 42.7 Å². The van der Waals surface area contributed by atoms with Gasteiger partial charge in [0.1, 0.15) is 17.0 Å². The predicted octanol–water partition coefficient (Wildman–Crippen LogP) is 2.65. The summed E-state index contributed by atoms with van der Waals surface area (Å²) in [5.41, 5.74) is 6.93. The van der Waals surface area contributed by atoms with Gasteiger partial charge in [-0.2, -0.15) is 0 Å². The molecule has 1 aliphatic rings. The Bertz CT molecular complexity index is 841. The summed E-state index contributed by atoms with van der Waals surface area (Å²) < 4.78 is 0. The Morgan fingerprint density at radius 1 is 1.17 bits per heavy atom. The molecule has 2 aromatic heterocycles. The number of rotatable bonds is 3. The minimum absolute atomic E-state index is 0.0383. The van der Waals surface area contributed by atoms with Crippen LogP contribution in [0.4, 0.5) is 5.82 Å². The van der Waals surface area contributed by atoms with Crippen molar-refractivity contribution in [3.63, 3.8) is 0 Å². The summed E-state index contributed by atoms with van der Waals surface area (Å²) in [6, 6.07) is 12.5. The fourth-order valence-corrected chi connectivity index (χ4v) is 4.16. The van der Waals surface area contributed by atoms with Gasteiger partial charge in [0, 0.05) is 23.5 Å². The number of aromatic nitrogens is 2.